The topological polar surface area (TPSA) is 53.6 Å². The second kappa shape index (κ2) is 4.24. The molecule has 0 radical (unpaired) electrons. The summed E-state index contributed by atoms with van der Waals surface area (Å²) < 4.78 is 0. The average Bonchev–Trinajstić information content (AvgIpc) is 2.97. The molecule has 0 aliphatic carbocycles. The normalized spacial score (nSPS) is 31.0. The molecule has 0 spiro atoms. The Kier molecular flexibility index (Phi) is 2.55. The van der Waals surface area contributed by atoms with Crippen molar-refractivity contribution in [3.05, 3.63) is 18.6 Å². The van der Waals surface area contributed by atoms with Crippen LogP contribution < -0.4 is 5.32 Å². The van der Waals surface area contributed by atoms with E-state index in [1.807, 2.05) is 18.0 Å². The Bertz CT molecular complexity index is 555. The van der Waals surface area contributed by atoms with Crippen molar-refractivity contribution in [2.75, 3.05) is 0 Å². The molecule has 2 bridgehead atoms. The van der Waals surface area contributed by atoms with Gasteiger partial charge in [0.1, 0.15) is 17.0 Å². The maximum Gasteiger partial charge on any atom is 0.141 e. The van der Waals surface area contributed by atoms with Crippen molar-refractivity contribution in [2.24, 2.45) is 0 Å². The van der Waals surface area contributed by atoms with E-state index in [2.05, 4.69) is 26.3 Å². The van der Waals surface area contributed by atoms with Crippen LogP contribution in [0, 0.1) is 0 Å². The van der Waals surface area contributed by atoms with Crippen LogP contribution in [-0.2, 0) is 0 Å². The van der Waals surface area contributed by atoms with Crippen LogP contribution in [-0.4, -0.2) is 32.3 Å². The zero-order valence-electron chi connectivity index (χ0n) is 10.1. The van der Waals surface area contributed by atoms with Gasteiger partial charge in [0.15, 0.2) is 0 Å². The van der Waals surface area contributed by atoms with Gasteiger partial charge in [-0.1, -0.05) is 0 Å². The number of aromatic nitrogens is 3. The molecule has 0 aromatic carbocycles. The Labute approximate surface area is 110 Å². The summed E-state index contributed by atoms with van der Waals surface area (Å²) in [5, 5.41) is 6.68. The molecule has 2 aromatic heterocycles. The fourth-order valence-electron chi connectivity index (χ4n) is 3.20. The van der Waals surface area contributed by atoms with Crippen LogP contribution in [0.1, 0.15) is 25.7 Å². The number of fused-ring (bicyclic) bond motifs is 3. The minimum Gasteiger partial charge on any atom is -0.346 e. The number of nitrogens with one attached hydrogen (secondary N) is 2. The van der Waals surface area contributed by atoms with Crippen LogP contribution in [0.2, 0.25) is 0 Å². The Morgan fingerprint density at radius 1 is 1.17 bits per heavy atom. The van der Waals surface area contributed by atoms with Gasteiger partial charge >= 0.3 is 0 Å². The number of nitrogens with zero attached hydrogens (tertiary/aromatic N) is 2. The quantitative estimate of drug-likeness (QED) is 0.814. The van der Waals surface area contributed by atoms with Crippen molar-refractivity contribution >= 4 is 22.8 Å². The van der Waals surface area contributed by atoms with Gasteiger partial charge < -0.3 is 10.3 Å². The third kappa shape index (κ3) is 1.82. The minimum atomic E-state index is 0.705. The highest BCUT2D eigenvalue weighted by Crippen LogP contribution is 2.38. The molecule has 94 valence electrons. The molecule has 2 fully saturated rings. The van der Waals surface area contributed by atoms with Gasteiger partial charge in [-0.2, -0.15) is 0 Å². The van der Waals surface area contributed by atoms with E-state index in [1.54, 1.807) is 6.33 Å². The van der Waals surface area contributed by atoms with Crippen LogP contribution in [0.5, 0.6) is 0 Å². The lowest BCUT2D eigenvalue weighted by Gasteiger charge is -2.28. The first-order chi connectivity index (χ1) is 8.88. The van der Waals surface area contributed by atoms with Crippen LogP contribution >= 0.6 is 11.8 Å². The summed E-state index contributed by atoms with van der Waals surface area (Å²) >= 11 is 1.94. The molecule has 18 heavy (non-hydrogen) atoms. The number of H-pyrrole nitrogens is 1. The van der Waals surface area contributed by atoms with Gasteiger partial charge in [0.2, 0.25) is 0 Å². The predicted molar refractivity (Wildman–Crippen MR) is 72.7 cm³/mol. The average molecular weight is 260 g/mol. The van der Waals surface area contributed by atoms with Crippen molar-refractivity contribution in [2.45, 2.75) is 48.0 Å². The number of aromatic amines is 1. The number of rotatable bonds is 2. The van der Waals surface area contributed by atoms with Gasteiger partial charge in [-0.3, -0.25) is 0 Å². The third-order valence-corrected chi connectivity index (χ3v) is 5.29. The van der Waals surface area contributed by atoms with E-state index in [0.717, 1.165) is 28.1 Å². The van der Waals surface area contributed by atoms with Gasteiger partial charge in [0.05, 0.1) is 5.39 Å². The van der Waals surface area contributed by atoms with E-state index >= 15 is 0 Å². The Morgan fingerprint density at radius 3 is 2.83 bits per heavy atom. The van der Waals surface area contributed by atoms with Crippen molar-refractivity contribution in [1.82, 2.24) is 20.3 Å². The Morgan fingerprint density at radius 2 is 2.00 bits per heavy atom. The largest absolute Gasteiger partial charge is 0.346 e. The lowest BCUT2D eigenvalue weighted by atomic mass is 10.1. The number of hydrogen-bond acceptors (Lipinski definition) is 4. The molecule has 4 heterocycles. The van der Waals surface area contributed by atoms with Gasteiger partial charge in [0.25, 0.3) is 0 Å². The highest BCUT2D eigenvalue weighted by molar-refractivity contribution is 8.00. The number of thioether (sulfide) groups is 1. The highest BCUT2D eigenvalue weighted by atomic mass is 32.2. The maximum absolute atomic E-state index is 4.46. The van der Waals surface area contributed by atoms with Gasteiger partial charge in [0, 0.05) is 23.5 Å². The second-order valence-electron chi connectivity index (χ2n) is 5.27. The summed E-state index contributed by atoms with van der Waals surface area (Å²) in [5.41, 5.74) is 0.949. The summed E-state index contributed by atoms with van der Waals surface area (Å²) in [6.45, 7) is 0. The molecule has 2 aliphatic heterocycles. The molecule has 4 nitrogen and oxygen atoms in total. The van der Waals surface area contributed by atoms with Gasteiger partial charge in [-0.05, 0) is 31.7 Å². The molecule has 2 aromatic rings. The lowest BCUT2D eigenvalue weighted by Crippen LogP contribution is -2.39. The van der Waals surface area contributed by atoms with E-state index in [1.165, 1.54) is 25.7 Å². The molecular weight excluding hydrogens is 244 g/mol. The lowest BCUT2D eigenvalue weighted by molar-refractivity contribution is 0.415. The number of piperidine rings is 1. The van der Waals surface area contributed by atoms with Crippen LogP contribution in [0.15, 0.2) is 23.6 Å². The minimum absolute atomic E-state index is 0.705. The van der Waals surface area contributed by atoms with E-state index in [0.29, 0.717) is 5.25 Å². The SMILES string of the molecule is c1nc(SC2CC3CCC(C2)N3)c2cc[nH]c2n1. The molecule has 5 heteroatoms. The first-order valence-corrected chi connectivity index (χ1v) is 7.47. The molecule has 4 rings (SSSR count). The monoisotopic (exact) mass is 260 g/mol. The second-order valence-corrected chi connectivity index (χ2v) is 6.56. The summed E-state index contributed by atoms with van der Waals surface area (Å²) in [6, 6.07) is 3.56. The molecule has 0 amide bonds. The van der Waals surface area contributed by atoms with Crippen LogP contribution in [0.4, 0.5) is 0 Å². The van der Waals surface area contributed by atoms with Gasteiger partial charge in [-0.25, -0.2) is 9.97 Å². The summed E-state index contributed by atoms with van der Waals surface area (Å²) in [5.74, 6) is 0. The van der Waals surface area contributed by atoms with E-state index in [4.69, 9.17) is 0 Å². The molecule has 2 saturated heterocycles. The Hall–Kier alpha value is -1.07. The Balaban J connectivity index is 1.59. The zero-order chi connectivity index (χ0) is 11.9. The van der Waals surface area contributed by atoms with Gasteiger partial charge in [-0.15, -0.1) is 11.8 Å². The predicted octanol–water partition coefficient (Wildman–Crippen LogP) is 2.33. The first-order valence-electron chi connectivity index (χ1n) is 6.59. The first kappa shape index (κ1) is 10.8. The van der Waals surface area contributed by atoms with E-state index < -0.39 is 0 Å². The molecule has 2 aliphatic rings. The molecule has 0 saturated carbocycles. The summed E-state index contributed by atoms with van der Waals surface area (Å²) in [4.78, 5) is 11.9. The van der Waals surface area contributed by atoms with Crippen molar-refractivity contribution in [3.8, 4) is 0 Å². The molecular formula is C13H16N4S. The highest BCUT2D eigenvalue weighted by Gasteiger charge is 2.34. The summed E-state index contributed by atoms with van der Waals surface area (Å²) in [6.07, 6.45) is 8.86. The van der Waals surface area contributed by atoms with E-state index in [-0.39, 0.29) is 0 Å². The van der Waals surface area contributed by atoms with Crippen LogP contribution in [0.3, 0.4) is 0 Å². The standard InChI is InChI=1S/C13H16N4S/c1-2-9-6-10(5-8(1)17-9)18-13-11-3-4-14-12(11)15-7-16-13/h3-4,7-10,17H,1-2,5-6H2,(H,14,15,16). The maximum atomic E-state index is 4.46. The van der Waals surface area contributed by atoms with Crippen LogP contribution in [0.25, 0.3) is 11.0 Å². The van der Waals surface area contributed by atoms with E-state index in [9.17, 15) is 0 Å². The molecule has 2 N–H and O–H groups in total. The van der Waals surface area contributed by atoms with Crippen molar-refractivity contribution in [1.29, 1.82) is 0 Å². The zero-order valence-corrected chi connectivity index (χ0v) is 10.9. The summed E-state index contributed by atoms with van der Waals surface area (Å²) in [7, 11) is 0. The molecule has 2 atom stereocenters. The number of hydrogen-bond donors (Lipinski definition) is 2. The fraction of sp³-hybridized carbons (Fsp3) is 0.538. The fourth-order valence-corrected chi connectivity index (χ4v) is 4.57. The third-order valence-electron chi connectivity index (χ3n) is 4.03. The van der Waals surface area contributed by atoms with Crippen molar-refractivity contribution < 1.29 is 0 Å². The smallest absolute Gasteiger partial charge is 0.141 e. The molecule has 2 unspecified atom stereocenters. The van der Waals surface area contributed by atoms with Crippen molar-refractivity contribution in [3.63, 3.8) is 0 Å².